The van der Waals surface area contributed by atoms with Gasteiger partial charge < -0.3 is 10.6 Å². The lowest BCUT2D eigenvalue weighted by Gasteiger charge is -2.35. The Labute approximate surface area is 93.0 Å². The first-order valence-corrected chi connectivity index (χ1v) is 5.86. The summed E-state index contributed by atoms with van der Waals surface area (Å²) in [4.78, 5) is 14.1. The number of piperidine rings is 1. The van der Waals surface area contributed by atoms with Gasteiger partial charge in [0.2, 0.25) is 5.91 Å². The molecular weight excluding hydrogens is 188 g/mol. The van der Waals surface area contributed by atoms with Crippen molar-refractivity contribution in [2.45, 2.75) is 46.6 Å². The van der Waals surface area contributed by atoms with E-state index >= 15 is 0 Å². The topological polar surface area (TPSA) is 46.3 Å². The van der Waals surface area contributed by atoms with E-state index in [-0.39, 0.29) is 17.2 Å². The fourth-order valence-corrected chi connectivity index (χ4v) is 1.76. The van der Waals surface area contributed by atoms with Crippen LogP contribution < -0.4 is 5.73 Å². The van der Waals surface area contributed by atoms with Crippen molar-refractivity contribution >= 4 is 5.91 Å². The Morgan fingerprint density at radius 2 is 1.80 bits per heavy atom. The van der Waals surface area contributed by atoms with Crippen LogP contribution in [0.1, 0.15) is 40.5 Å². The third-order valence-corrected chi connectivity index (χ3v) is 3.52. The van der Waals surface area contributed by atoms with E-state index in [9.17, 15) is 4.79 Å². The molecule has 3 heteroatoms. The average Bonchev–Trinajstić information content (AvgIpc) is 2.15. The molecule has 1 unspecified atom stereocenters. The van der Waals surface area contributed by atoms with Crippen molar-refractivity contribution in [2.24, 2.45) is 17.1 Å². The summed E-state index contributed by atoms with van der Waals surface area (Å²) in [6.45, 7) is 10.0. The van der Waals surface area contributed by atoms with E-state index in [0.29, 0.717) is 6.04 Å². The summed E-state index contributed by atoms with van der Waals surface area (Å²) in [5, 5.41) is 0. The third-order valence-electron chi connectivity index (χ3n) is 3.52. The lowest BCUT2D eigenvalue weighted by atomic mass is 9.81. The normalized spacial score (nSPS) is 21.5. The monoisotopic (exact) mass is 212 g/mol. The van der Waals surface area contributed by atoms with Gasteiger partial charge in [0, 0.05) is 25.0 Å². The highest BCUT2D eigenvalue weighted by Crippen LogP contribution is 2.27. The molecule has 1 amide bonds. The van der Waals surface area contributed by atoms with Gasteiger partial charge in [-0.25, -0.2) is 0 Å². The molecule has 1 aliphatic heterocycles. The van der Waals surface area contributed by atoms with Crippen LogP contribution in [-0.4, -0.2) is 29.9 Å². The van der Waals surface area contributed by atoms with Gasteiger partial charge in [-0.05, 0) is 18.3 Å². The highest BCUT2D eigenvalue weighted by Gasteiger charge is 2.31. The fourth-order valence-electron chi connectivity index (χ4n) is 1.76. The second kappa shape index (κ2) is 4.52. The number of nitrogens with zero attached hydrogens (tertiary/aromatic N) is 1. The number of hydrogen-bond acceptors (Lipinski definition) is 2. The number of carbonyl (C=O) groups excluding carboxylic acids is 1. The Kier molecular flexibility index (Phi) is 3.77. The summed E-state index contributed by atoms with van der Waals surface area (Å²) in [6, 6.07) is 0.291. The third kappa shape index (κ3) is 3.20. The maximum Gasteiger partial charge on any atom is 0.225 e. The van der Waals surface area contributed by atoms with Gasteiger partial charge in [0.15, 0.2) is 0 Å². The summed E-state index contributed by atoms with van der Waals surface area (Å²) in [7, 11) is 0. The minimum Gasteiger partial charge on any atom is -0.342 e. The van der Waals surface area contributed by atoms with Gasteiger partial charge in [0.05, 0.1) is 0 Å². The van der Waals surface area contributed by atoms with Crippen LogP contribution in [0.2, 0.25) is 0 Å². The Hall–Kier alpha value is -0.570. The first-order valence-electron chi connectivity index (χ1n) is 5.86. The zero-order chi connectivity index (χ0) is 11.6. The molecule has 0 saturated carbocycles. The molecule has 0 aliphatic carbocycles. The highest BCUT2D eigenvalue weighted by molar-refractivity contribution is 5.79. The van der Waals surface area contributed by atoms with Crippen LogP contribution in [0.5, 0.6) is 0 Å². The van der Waals surface area contributed by atoms with Crippen LogP contribution in [-0.2, 0) is 4.79 Å². The molecule has 3 nitrogen and oxygen atoms in total. The van der Waals surface area contributed by atoms with Gasteiger partial charge in [-0.3, -0.25) is 4.79 Å². The maximum atomic E-state index is 12.1. The molecule has 1 saturated heterocycles. The van der Waals surface area contributed by atoms with Gasteiger partial charge in [0.1, 0.15) is 0 Å². The van der Waals surface area contributed by atoms with Crippen molar-refractivity contribution in [3.8, 4) is 0 Å². The van der Waals surface area contributed by atoms with Gasteiger partial charge in [-0.1, -0.05) is 27.7 Å². The molecule has 0 aromatic carbocycles. The molecule has 2 N–H and O–H groups in total. The summed E-state index contributed by atoms with van der Waals surface area (Å²) in [5.74, 6) is 0.376. The number of carbonyl (C=O) groups is 1. The van der Waals surface area contributed by atoms with Crippen molar-refractivity contribution in [1.29, 1.82) is 0 Å². The van der Waals surface area contributed by atoms with Gasteiger partial charge >= 0.3 is 0 Å². The van der Waals surface area contributed by atoms with E-state index in [0.717, 1.165) is 25.9 Å². The van der Waals surface area contributed by atoms with Crippen LogP contribution in [0.25, 0.3) is 0 Å². The van der Waals surface area contributed by atoms with Crippen molar-refractivity contribution in [2.75, 3.05) is 13.1 Å². The van der Waals surface area contributed by atoms with E-state index in [1.807, 2.05) is 11.8 Å². The zero-order valence-corrected chi connectivity index (χ0v) is 10.4. The van der Waals surface area contributed by atoms with E-state index in [1.54, 1.807) is 0 Å². The quantitative estimate of drug-likeness (QED) is 0.718. The fraction of sp³-hybridized carbons (Fsp3) is 0.917. The van der Waals surface area contributed by atoms with E-state index in [2.05, 4.69) is 20.8 Å². The second-order valence-corrected chi connectivity index (χ2v) is 5.75. The SMILES string of the molecule is CC(C(=O)N1CCC(N)CC1)C(C)(C)C. The Morgan fingerprint density at radius 1 is 1.33 bits per heavy atom. The van der Waals surface area contributed by atoms with E-state index in [4.69, 9.17) is 5.73 Å². The molecule has 0 aromatic heterocycles. The molecule has 0 radical (unpaired) electrons. The summed E-state index contributed by atoms with van der Waals surface area (Å²) < 4.78 is 0. The molecular formula is C12H24N2O. The average molecular weight is 212 g/mol. The van der Waals surface area contributed by atoms with Crippen molar-refractivity contribution in [1.82, 2.24) is 4.90 Å². The highest BCUT2D eigenvalue weighted by atomic mass is 16.2. The lowest BCUT2D eigenvalue weighted by molar-refractivity contribution is -0.139. The number of amides is 1. The molecule has 1 fully saturated rings. The van der Waals surface area contributed by atoms with Crippen LogP contribution in [0, 0.1) is 11.3 Å². The van der Waals surface area contributed by atoms with Gasteiger partial charge in [-0.15, -0.1) is 0 Å². The Bertz CT molecular complexity index is 224. The number of hydrogen-bond donors (Lipinski definition) is 1. The van der Waals surface area contributed by atoms with Gasteiger partial charge in [0.25, 0.3) is 0 Å². The minimum absolute atomic E-state index is 0.0522. The number of rotatable bonds is 1. The molecule has 1 heterocycles. The Morgan fingerprint density at radius 3 is 2.20 bits per heavy atom. The summed E-state index contributed by atoms with van der Waals surface area (Å²) >= 11 is 0. The molecule has 0 spiro atoms. The van der Waals surface area contributed by atoms with Crippen LogP contribution in [0.15, 0.2) is 0 Å². The van der Waals surface area contributed by atoms with Crippen molar-refractivity contribution in [3.63, 3.8) is 0 Å². The number of nitrogens with two attached hydrogens (primary N) is 1. The zero-order valence-electron chi connectivity index (χ0n) is 10.4. The minimum atomic E-state index is 0.0522. The lowest BCUT2D eigenvalue weighted by Crippen LogP contribution is -2.46. The van der Waals surface area contributed by atoms with Crippen molar-refractivity contribution in [3.05, 3.63) is 0 Å². The van der Waals surface area contributed by atoms with Crippen molar-refractivity contribution < 1.29 is 4.79 Å². The van der Waals surface area contributed by atoms with Crippen LogP contribution in [0.4, 0.5) is 0 Å². The maximum absolute atomic E-state index is 12.1. The molecule has 1 atom stereocenters. The molecule has 1 aliphatic rings. The standard InChI is InChI=1S/C12H24N2O/c1-9(12(2,3)4)11(15)14-7-5-10(13)6-8-14/h9-10H,5-8,13H2,1-4H3. The second-order valence-electron chi connectivity index (χ2n) is 5.75. The van der Waals surface area contributed by atoms with E-state index in [1.165, 1.54) is 0 Å². The number of likely N-dealkylation sites (tertiary alicyclic amines) is 1. The molecule has 88 valence electrons. The van der Waals surface area contributed by atoms with E-state index < -0.39 is 0 Å². The summed E-state index contributed by atoms with van der Waals surface area (Å²) in [6.07, 6.45) is 1.89. The van der Waals surface area contributed by atoms with Crippen LogP contribution >= 0.6 is 0 Å². The first kappa shape index (κ1) is 12.5. The predicted octanol–water partition coefficient (Wildman–Crippen LogP) is 1.62. The largest absolute Gasteiger partial charge is 0.342 e. The summed E-state index contributed by atoms with van der Waals surface area (Å²) in [5.41, 5.74) is 5.87. The molecule has 1 rings (SSSR count). The predicted molar refractivity (Wildman–Crippen MR) is 62.4 cm³/mol. The van der Waals surface area contributed by atoms with Crippen LogP contribution in [0.3, 0.4) is 0 Å². The van der Waals surface area contributed by atoms with Gasteiger partial charge in [-0.2, -0.15) is 0 Å². The smallest absolute Gasteiger partial charge is 0.225 e. The molecule has 0 aromatic rings. The first-order chi connectivity index (χ1) is 6.82. The molecule has 15 heavy (non-hydrogen) atoms. The Balaban J connectivity index is 2.54. The molecule has 0 bridgehead atoms.